The number of anilines is 1. The summed E-state index contributed by atoms with van der Waals surface area (Å²) in [5, 5.41) is 8.74. The summed E-state index contributed by atoms with van der Waals surface area (Å²) >= 11 is 5.80. The Bertz CT molecular complexity index is 1090. The zero-order valence-corrected chi connectivity index (χ0v) is 16.4. The molecule has 0 bridgehead atoms. The van der Waals surface area contributed by atoms with Crippen molar-refractivity contribution in [1.29, 1.82) is 0 Å². The van der Waals surface area contributed by atoms with Crippen molar-refractivity contribution < 1.29 is 23.8 Å². The molecule has 1 heterocycles. The topological polar surface area (TPSA) is 66.8 Å². The molecule has 2 unspecified atom stereocenters. The number of rotatable bonds is 6. The molecule has 2 atom stereocenters. The van der Waals surface area contributed by atoms with Gasteiger partial charge in [0.1, 0.15) is 11.6 Å². The second-order valence-electron chi connectivity index (χ2n) is 6.89. The summed E-state index contributed by atoms with van der Waals surface area (Å²) in [7, 11) is 0. The van der Waals surface area contributed by atoms with Crippen LogP contribution in [0.1, 0.15) is 23.1 Å². The number of carboxylic acids is 1. The van der Waals surface area contributed by atoms with Crippen LogP contribution in [0, 0.1) is 5.82 Å². The number of halogens is 2. The fraction of sp³-hybridized carbons (Fsp3) is 0.130. The number of hydrogen-bond acceptors (Lipinski definition) is 3. The molecule has 0 spiro atoms. The third-order valence-electron chi connectivity index (χ3n) is 5.02. The zero-order valence-electron chi connectivity index (χ0n) is 15.7. The van der Waals surface area contributed by atoms with E-state index in [1.54, 1.807) is 35.2 Å². The first-order chi connectivity index (χ1) is 14.5. The smallest absolute Gasteiger partial charge is 0.341 e. The van der Waals surface area contributed by atoms with Gasteiger partial charge in [0.2, 0.25) is 5.91 Å². The molecule has 30 heavy (non-hydrogen) atoms. The molecule has 7 heteroatoms. The van der Waals surface area contributed by atoms with Gasteiger partial charge in [-0.2, -0.15) is 0 Å². The monoisotopic (exact) mass is 425 g/mol. The van der Waals surface area contributed by atoms with Crippen LogP contribution in [0.25, 0.3) is 0 Å². The number of nitrogens with zero attached hydrogens (tertiary/aromatic N) is 1. The van der Waals surface area contributed by atoms with Gasteiger partial charge in [0.05, 0.1) is 17.0 Å². The highest BCUT2D eigenvalue weighted by Crippen LogP contribution is 2.49. The molecule has 1 N–H and O–H groups in total. The Kier molecular flexibility index (Phi) is 5.42. The Morgan fingerprint density at radius 2 is 1.73 bits per heavy atom. The molecule has 1 aliphatic heterocycles. The van der Waals surface area contributed by atoms with Crippen molar-refractivity contribution >= 4 is 29.2 Å². The van der Waals surface area contributed by atoms with Gasteiger partial charge in [-0.05, 0) is 41.5 Å². The third-order valence-corrected chi connectivity index (χ3v) is 5.33. The van der Waals surface area contributed by atoms with Gasteiger partial charge in [-0.1, -0.05) is 54.1 Å². The summed E-state index contributed by atoms with van der Waals surface area (Å²) in [4.78, 5) is 25.3. The van der Waals surface area contributed by atoms with E-state index in [4.69, 9.17) is 21.4 Å². The van der Waals surface area contributed by atoms with E-state index in [0.29, 0.717) is 11.4 Å². The highest BCUT2D eigenvalue weighted by Gasteiger charge is 2.49. The van der Waals surface area contributed by atoms with Gasteiger partial charge in [0, 0.05) is 5.69 Å². The Morgan fingerprint density at radius 3 is 2.37 bits per heavy atom. The zero-order chi connectivity index (χ0) is 21.3. The summed E-state index contributed by atoms with van der Waals surface area (Å²) in [5.41, 5.74) is 2.11. The summed E-state index contributed by atoms with van der Waals surface area (Å²) in [6.45, 7) is -0.440. The van der Waals surface area contributed by atoms with Gasteiger partial charge in [0.15, 0.2) is 6.61 Å². The van der Waals surface area contributed by atoms with Gasteiger partial charge in [-0.3, -0.25) is 4.79 Å². The minimum atomic E-state index is -1.07. The van der Waals surface area contributed by atoms with E-state index in [2.05, 4.69) is 0 Å². The molecule has 0 saturated carbocycles. The maximum atomic E-state index is 14.0. The number of carboxylic acid groups (broad SMARTS) is 1. The lowest BCUT2D eigenvalue weighted by Crippen LogP contribution is -2.53. The van der Waals surface area contributed by atoms with Crippen LogP contribution in [0.15, 0.2) is 72.8 Å². The number of carbonyl (C=O) groups excluding carboxylic acids is 1. The van der Waals surface area contributed by atoms with Crippen LogP contribution in [0.4, 0.5) is 10.1 Å². The van der Waals surface area contributed by atoms with Crippen molar-refractivity contribution in [2.45, 2.75) is 12.0 Å². The predicted molar refractivity (Wildman–Crippen MR) is 110 cm³/mol. The number of aliphatic carboxylic acids is 1. The first-order valence-electron chi connectivity index (χ1n) is 9.23. The first-order valence-corrected chi connectivity index (χ1v) is 9.61. The summed E-state index contributed by atoms with van der Waals surface area (Å²) in [6.07, 6.45) is 0. The minimum absolute atomic E-state index is 0.0113. The second kappa shape index (κ2) is 8.16. The standard InChI is InChI=1S/C23H17ClFNO4/c24-18-11-8-16(12-19(18)25)26-22(21(23(26)29)14-4-2-1-3-5-14)15-6-9-17(10-7-15)30-13-20(27)28/h1-12,21-22H,13H2,(H,27,28). The Labute approximate surface area is 177 Å². The van der Waals surface area contributed by atoms with E-state index >= 15 is 0 Å². The van der Waals surface area contributed by atoms with Crippen LogP contribution in [0.5, 0.6) is 5.75 Å². The lowest BCUT2D eigenvalue weighted by atomic mass is 9.77. The Balaban J connectivity index is 1.69. The predicted octanol–water partition coefficient (Wildman–Crippen LogP) is 4.81. The van der Waals surface area contributed by atoms with Crippen molar-refractivity contribution in [2.24, 2.45) is 0 Å². The number of benzene rings is 3. The van der Waals surface area contributed by atoms with Gasteiger partial charge >= 0.3 is 5.97 Å². The van der Waals surface area contributed by atoms with Gasteiger partial charge < -0.3 is 14.7 Å². The van der Waals surface area contributed by atoms with Crippen LogP contribution in [-0.4, -0.2) is 23.6 Å². The lowest BCUT2D eigenvalue weighted by molar-refractivity contribution is -0.139. The number of β-lactam (4-membered cyclic amide) rings is 1. The molecule has 3 aromatic carbocycles. The maximum Gasteiger partial charge on any atom is 0.341 e. The number of hydrogen-bond donors (Lipinski definition) is 1. The largest absolute Gasteiger partial charge is 0.482 e. The van der Waals surface area contributed by atoms with E-state index in [0.717, 1.165) is 11.1 Å². The van der Waals surface area contributed by atoms with Crippen LogP contribution in [0.2, 0.25) is 5.02 Å². The molecule has 0 aromatic heterocycles. The van der Waals surface area contributed by atoms with Crippen LogP contribution in [0.3, 0.4) is 0 Å². The fourth-order valence-corrected chi connectivity index (χ4v) is 3.76. The third kappa shape index (κ3) is 3.74. The van der Waals surface area contributed by atoms with Crippen molar-refractivity contribution in [3.63, 3.8) is 0 Å². The van der Waals surface area contributed by atoms with Gasteiger partial charge in [-0.15, -0.1) is 0 Å². The number of ether oxygens (including phenoxy) is 1. The van der Waals surface area contributed by atoms with Crippen LogP contribution >= 0.6 is 11.6 Å². The van der Waals surface area contributed by atoms with Crippen molar-refractivity contribution in [3.05, 3.63) is 94.8 Å². The molecule has 1 fully saturated rings. The molecule has 3 aromatic rings. The molecule has 0 radical (unpaired) electrons. The van der Waals surface area contributed by atoms with Crippen LogP contribution < -0.4 is 9.64 Å². The molecule has 1 aliphatic rings. The average molecular weight is 426 g/mol. The molecular formula is C23H17ClFNO4. The number of carbonyl (C=O) groups is 2. The number of amides is 1. The summed E-state index contributed by atoms with van der Waals surface area (Å²) in [5.74, 6) is -1.81. The molecule has 5 nitrogen and oxygen atoms in total. The van der Waals surface area contributed by atoms with Crippen molar-refractivity contribution in [1.82, 2.24) is 0 Å². The van der Waals surface area contributed by atoms with Gasteiger partial charge in [0.25, 0.3) is 0 Å². The quantitative estimate of drug-likeness (QED) is 0.575. The summed E-state index contributed by atoms with van der Waals surface area (Å²) < 4.78 is 19.2. The molecule has 0 aliphatic carbocycles. The molecule has 1 amide bonds. The fourth-order valence-electron chi connectivity index (χ4n) is 3.64. The highest BCUT2D eigenvalue weighted by molar-refractivity contribution is 6.30. The van der Waals surface area contributed by atoms with Crippen LogP contribution in [-0.2, 0) is 9.59 Å². The van der Waals surface area contributed by atoms with E-state index < -0.39 is 24.3 Å². The SMILES string of the molecule is O=C(O)COc1ccc(C2C(c3ccccc3)C(=O)N2c2ccc(Cl)c(F)c2)cc1. The molecule has 4 rings (SSSR count). The van der Waals surface area contributed by atoms with E-state index in [-0.39, 0.29) is 17.0 Å². The van der Waals surface area contributed by atoms with Gasteiger partial charge in [-0.25, -0.2) is 9.18 Å². The molecule has 1 saturated heterocycles. The lowest BCUT2D eigenvalue weighted by Gasteiger charge is -2.47. The molecular weight excluding hydrogens is 409 g/mol. The van der Waals surface area contributed by atoms with E-state index in [9.17, 15) is 14.0 Å². The summed E-state index contributed by atoms with van der Waals surface area (Å²) in [6, 6.07) is 20.2. The average Bonchev–Trinajstić information content (AvgIpc) is 2.74. The Morgan fingerprint density at radius 1 is 1.03 bits per heavy atom. The normalized spacial score (nSPS) is 18.1. The van der Waals surface area contributed by atoms with Crippen molar-refractivity contribution in [3.8, 4) is 5.75 Å². The van der Waals surface area contributed by atoms with E-state index in [1.807, 2.05) is 30.3 Å². The highest BCUT2D eigenvalue weighted by atomic mass is 35.5. The second-order valence-corrected chi connectivity index (χ2v) is 7.30. The van der Waals surface area contributed by atoms with Crippen molar-refractivity contribution in [2.75, 3.05) is 11.5 Å². The first kappa shape index (κ1) is 19.9. The Hall–Kier alpha value is -3.38. The minimum Gasteiger partial charge on any atom is -0.482 e. The van der Waals surface area contributed by atoms with E-state index in [1.165, 1.54) is 12.1 Å². The maximum absolute atomic E-state index is 14.0. The molecule has 152 valence electrons.